The van der Waals surface area contributed by atoms with Gasteiger partial charge in [-0.1, -0.05) is 56.3 Å². The summed E-state index contributed by atoms with van der Waals surface area (Å²) in [5.41, 5.74) is 1.76. The van der Waals surface area contributed by atoms with Crippen LogP contribution in [0.1, 0.15) is 39.5 Å². The molecule has 1 heterocycles. The number of unbranched alkanes of at least 4 members (excludes halogenated alkanes) is 2. The van der Waals surface area contributed by atoms with Gasteiger partial charge in [-0.05, 0) is 54.5 Å². The molecule has 3 rings (SSSR count). The Balaban J connectivity index is 1.72. The van der Waals surface area contributed by atoms with Gasteiger partial charge >= 0.3 is 0 Å². The Kier molecular flexibility index (Phi) is 6.49. The Morgan fingerprint density at radius 1 is 0.920 bits per heavy atom. The minimum absolute atomic E-state index is 0.681. The highest BCUT2D eigenvalue weighted by Gasteiger charge is 2.09. The summed E-state index contributed by atoms with van der Waals surface area (Å²) in [6.07, 6.45) is 5.24. The van der Waals surface area contributed by atoms with Crippen molar-refractivity contribution in [1.29, 1.82) is 0 Å². The van der Waals surface area contributed by atoms with Crippen molar-refractivity contribution in [2.45, 2.75) is 44.4 Å². The second kappa shape index (κ2) is 8.62. The molecule has 1 aromatic heterocycles. The zero-order valence-electron chi connectivity index (χ0n) is 14.7. The van der Waals surface area contributed by atoms with Gasteiger partial charge in [-0.2, -0.15) is 0 Å². The molecule has 0 unspecified atom stereocenters. The lowest BCUT2D eigenvalue weighted by Gasteiger charge is -2.08. The van der Waals surface area contributed by atoms with Crippen LogP contribution in [0, 0.1) is 5.92 Å². The van der Waals surface area contributed by atoms with Crippen molar-refractivity contribution in [1.82, 2.24) is 4.98 Å². The van der Waals surface area contributed by atoms with Crippen LogP contribution in [0.25, 0.3) is 21.8 Å². The van der Waals surface area contributed by atoms with Gasteiger partial charge in [-0.25, -0.2) is 4.98 Å². The first-order chi connectivity index (χ1) is 12.0. The van der Waals surface area contributed by atoms with Crippen LogP contribution in [0.5, 0.6) is 0 Å². The second-order valence-electron chi connectivity index (χ2n) is 6.86. The van der Waals surface area contributed by atoms with Gasteiger partial charge in [0.25, 0.3) is 0 Å². The highest BCUT2D eigenvalue weighted by molar-refractivity contribution is 7.99. The van der Waals surface area contributed by atoms with Crippen LogP contribution in [-0.4, -0.2) is 10.7 Å². The van der Waals surface area contributed by atoms with Crippen LogP contribution < -0.4 is 0 Å². The summed E-state index contributed by atoms with van der Waals surface area (Å²) in [7, 11) is 0. The summed E-state index contributed by atoms with van der Waals surface area (Å²) in [5, 5.41) is 3.41. The molecule has 0 fully saturated rings. The van der Waals surface area contributed by atoms with E-state index >= 15 is 0 Å². The van der Waals surface area contributed by atoms with Crippen molar-refractivity contribution < 1.29 is 0 Å². The van der Waals surface area contributed by atoms with Gasteiger partial charge < -0.3 is 0 Å². The number of hydrogen-bond acceptors (Lipinski definition) is 2. The fourth-order valence-corrected chi connectivity index (χ4v) is 4.38. The molecule has 0 amide bonds. The smallest absolute Gasteiger partial charge is 0.0739 e. The number of pyridine rings is 1. The Morgan fingerprint density at radius 2 is 1.76 bits per heavy atom. The highest BCUT2D eigenvalue weighted by atomic mass is 35.5. The third-order valence-electron chi connectivity index (χ3n) is 4.34. The van der Waals surface area contributed by atoms with E-state index in [1.165, 1.54) is 30.6 Å². The molecule has 0 saturated heterocycles. The van der Waals surface area contributed by atoms with Crippen molar-refractivity contribution in [2.24, 2.45) is 5.92 Å². The Labute approximate surface area is 164 Å². The zero-order chi connectivity index (χ0) is 17.8. The van der Waals surface area contributed by atoms with Crippen molar-refractivity contribution >= 4 is 56.8 Å². The van der Waals surface area contributed by atoms with Crippen molar-refractivity contribution in [3.63, 3.8) is 0 Å². The summed E-state index contributed by atoms with van der Waals surface area (Å²) in [5.74, 6) is 1.96. The first kappa shape index (κ1) is 18.8. The average Bonchev–Trinajstić information content (AvgIpc) is 2.58. The van der Waals surface area contributed by atoms with Gasteiger partial charge in [0.1, 0.15) is 0 Å². The molecule has 0 saturated carbocycles. The predicted molar refractivity (Wildman–Crippen MR) is 113 cm³/mol. The maximum absolute atomic E-state index is 6.64. The molecule has 4 heteroatoms. The van der Waals surface area contributed by atoms with Gasteiger partial charge in [0.05, 0.1) is 16.1 Å². The SMILES string of the molecule is CC(C)CCCCCSc1ccc2nc3cc(Cl)ccc3c(Cl)c2c1. The molecule has 0 aliphatic heterocycles. The van der Waals surface area contributed by atoms with Gasteiger partial charge in [0.2, 0.25) is 0 Å². The predicted octanol–water partition coefficient (Wildman–Crippen LogP) is 8.00. The molecule has 0 aliphatic rings. The number of thioether (sulfide) groups is 1. The third kappa shape index (κ3) is 4.81. The Hall–Kier alpha value is -0.960. The fourth-order valence-electron chi connectivity index (χ4n) is 2.96. The Morgan fingerprint density at radius 3 is 2.56 bits per heavy atom. The third-order valence-corrected chi connectivity index (χ3v) is 6.06. The fraction of sp³-hybridized carbons (Fsp3) is 0.381. The number of benzene rings is 2. The molecule has 0 radical (unpaired) electrons. The maximum atomic E-state index is 6.64. The molecule has 25 heavy (non-hydrogen) atoms. The molecule has 0 aliphatic carbocycles. The molecule has 1 nitrogen and oxygen atoms in total. The van der Waals surface area contributed by atoms with E-state index in [0.29, 0.717) is 5.02 Å². The minimum atomic E-state index is 0.681. The maximum Gasteiger partial charge on any atom is 0.0739 e. The van der Waals surface area contributed by atoms with Gasteiger partial charge in [0, 0.05) is 20.7 Å². The van der Waals surface area contributed by atoms with Crippen molar-refractivity contribution in [2.75, 3.05) is 5.75 Å². The monoisotopic (exact) mass is 391 g/mol. The second-order valence-corrected chi connectivity index (χ2v) is 8.84. The van der Waals surface area contributed by atoms with Crippen LogP contribution in [-0.2, 0) is 0 Å². The standard InChI is InChI=1S/C21H23Cl2NS/c1-14(2)6-4-3-5-11-25-16-8-10-19-18(13-16)21(23)17-9-7-15(22)12-20(17)24-19/h7-10,12-14H,3-6,11H2,1-2H3. The summed E-state index contributed by atoms with van der Waals surface area (Å²) in [6, 6.07) is 12.0. The van der Waals surface area contributed by atoms with E-state index in [-0.39, 0.29) is 0 Å². The topological polar surface area (TPSA) is 12.9 Å². The number of nitrogens with zero attached hydrogens (tertiary/aromatic N) is 1. The summed E-state index contributed by atoms with van der Waals surface area (Å²) < 4.78 is 0. The van der Waals surface area contributed by atoms with E-state index in [1.807, 2.05) is 30.0 Å². The summed E-state index contributed by atoms with van der Waals surface area (Å²) >= 11 is 14.6. The largest absolute Gasteiger partial charge is 0.248 e. The lowest BCUT2D eigenvalue weighted by molar-refractivity contribution is 0.535. The van der Waals surface area contributed by atoms with Crippen molar-refractivity contribution in [3.05, 3.63) is 46.4 Å². The molecule has 0 bridgehead atoms. The summed E-state index contributed by atoms with van der Waals surface area (Å²) in [4.78, 5) is 5.96. The molecule has 132 valence electrons. The minimum Gasteiger partial charge on any atom is -0.248 e. The Bertz CT molecular complexity index is 877. The highest BCUT2D eigenvalue weighted by Crippen LogP contribution is 2.34. The normalized spacial score (nSPS) is 11.7. The van der Waals surface area contributed by atoms with Crippen molar-refractivity contribution in [3.8, 4) is 0 Å². The number of halogens is 2. The summed E-state index contributed by atoms with van der Waals surface area (Å²) in [6.45, 7) is 4.58. The van der Waals surface area contributed by atoms with Crippen LogP contribution in [0.2, 0.25) is 10.0 Å². The van der Waals surface area contributed by atoms with Gasteiger partial charge in [0.15, 0.2) is 0 Å². The van der Waals surface area contributed by atoms with E-state index in [1.54, 1.807) is 0 Å². The number of aromatic nitrogens is 1. The molecule has 0 spiro atoms. The first-order valence-electron chi connectivity index (χ1n) is 8.86. The van der Waals surface area contributed by atoms with E-state index in [2.05, 4.69) is 32.0 Å². The molecule has 2 aromatic carbocycles. The molecular formula is C21H23Cl2NS. The van der Waals surface area contributed by atoms with E-state index < -0.39 is 0 Å². The lowest BCUT2D eigenvalue weighted by atomic mass is 10.1. The van der Waals surface area contributed by atoms with Gasteiger partial charge in [-0.15, -0.1) is 11.8 Å². The molecule has 0 N–H and O–H groups in total. The van der Waals surface area contributed by atoms with Crippen LogP contribution in [0.15, 0.2) is 41.3 Å². The number of hydrogen-bond donors (Lipinski definition) is 0. The molecule has 0 atom stereocenters. The zero-order valence-corrected chi connectivity index (χ0v) is 17.0. The first-order valence-corrected chi connectivity index (χ1v) is 10.6. The van der Waals surface area contributed by atoms with Crippen LogP contribution in [0.4, 0.5) is 0 Å². The van der Waals surface area contributed by atoms with Crippen LogP contribution in [0.3, 0.4) is 0 Å². The number of rotatable bonds is 7. The van der Waals surface area contributed by atoms with E-state index in [9.17, 15) is 0 Å². The van der Waals surface area contributed by atoms with E-state index in [4.69, 9.17) is 28.2 Å². The average molecular weight is 392 g/mol. The lowest BCUT2D eigenvalue weighted by Crippen LogP contribution is -1.89. The van der Waals surface area contributed by atoms with Gasteiger partial charge in [-0.3, -0.25) is 0 Å². The quantitative estimate of drug-likeness (QED) is 0.229. The molecule has 3 aromatic rings. The number of fused-ring (bicyclic) bond motifs is 2. The molecular weight excluding hydrogens is 369 g/mol. The van der Waals surface area contributed by atoms with E-state index in [0.717, 1.165) is 38.5 Å². The van der Waals surface area contributed by atoms with Crippen LogP contribution >= 0.6 is 35.0 Å².